The number of hydrogen-bond acceptors (Lipinski definition) is 3. The number of alkyl halides is 5. The summed E-state index contributed by atoms with van der Waals surface area (Å²) in [7, 11) is 0. The molecule has 9 heteroatoms. The number of rotatable bonds is 10. The molecule has 0 bridgehead atoms. The van der Waals surface area contributed by atoms with Crippen molar-refractivity contribution in [3.8, 4) is 0 Å². The molecule has 1 heterocycles. The van der Waals surface area contributed by atoms with Crippen molar-refractivity contribution < 1.29 is 26.7 Å². The number of nitrogens with one attached hydrogen (secondary N) is 2. The molecule has 1 fully saturated rings. The summed E-state index contributed by atoms with van der Waals surface area (Å²) in [6.45, 7) is 3.72. The summed E-state index contributed by atoms with van der Waals surface area (Å²) in [5.41, 5.74) is 1.78. The molecule has 35 heavy (non-hydrogen) atoms. The minimum Gasteiger partial charge on any atom is -0.381 e. The van der Waals surface area contributed by atoms with Crippen LogP contribution in [0.2, 0.25) is 0 Å². The minimum atomic E-state index is -4.38. The quantitative estimate of drug-likeness (QED) is 0.344. The highest BCUT2D eigenvalue weighted by molar-refractivity contribution is 5.98. The van der Waals surface area contributed by atoms with Gasteiger partial charge in [-0.15, -0.1) is 0 Å². The molecule has 0 saturated carbocycles. The van der Waals surface area contributed by atoms with Gasteiger partial charge in [-0.3, -0.25) is 4.79 Å². The summed E-state index contributed by atoms with van der Waals surface area (Å²) in [6, 6.07) is 10.1. The Kier molecular flexibility index (Phi) is 9.34. The third-order valence-corrected chi connectivity index (χ3v) is 6.13. The van der Waals surface area contributed by atoms with Crippen LogP contribution in [0.25, 0.3) is 0 Å². The molecule has 0 spiro atoms. The number of piperidine rings is 1. The van der Waals surface area contributed by atoms with Crippen molar-refractivity contribution in [1.29, 1.82) is 0 Å². The average Bonchev–Trinajstić information content (AvgIpc) is 2.86. The van der Waals surface area contributed by atoms with Crippen LogP contribution in [-0.4, -0.2) is 31.3 Å². The second-order valence-corrected chi connectivity index (χ2v) is 8.88. The van der Waals surface area contributed by atoms with E-state index in [0.29, 0.717) is 35.6 Å². The van der Waals surface area contributed by atoms with Crippen molar-refractivity contribution in [2.45, 2.75) is 70.5 Å². The van der Waals surface area contributed by atoms with Crippen LogP contribution in [0, 0.1) is 0 Å². The molecule has 0 aromatic heterocycles. The van der Waals surface area contributed by atoms with Gasteiger partial charge >= 0.3 is 6.18 Å². The largest absolute Gasteiger partial charge is 0.416 e. The zero-order valence-corrected chi connectivity index (χ0v) is 19.8. The lowest BCUT2D eigenvalue weighted by Gasteiger charge is -2.31. The zero-order chi connectivity index (χ0) is 25.4. The second kappa shape index (κ2) is 12.2. The predicted molar refractivity (Wildman–Crippen MR) is 129 cm³/mol. The van der Waals surface area contributed by atoms with Crippen LogP contribution >= 0.6 is 0 Å². The number of carbonyl (C=O) groups excluding carboxylic acids is 1. The molecule has 2 aromatic rings. The van der Waals surface area contributed by atoms with Crippen LogP contribution in [0.3, 0.4) is 0 Å². The van der Waals surface area contributed by atoms with E-state index in [4.69, 9.17) is 0 Å². The Bertz CT molecular complexity index is 958. The highest BCUT2D eigenvalue weighted by atomic mass is 19.4. The maximum atomic E-state index is 14.4. The van der Waals surface area contributed by atoms with E-state index in [2.05, 4.69) is 15.5 Å². The van der Waals surface area contributed by atoms with Gasteiger partial charge in [0, 0.05) is 25.3 Å². The first-order valence-electron chi connectivity index (χ1n) is 12.1. The van der Waals surface area contributed by atoms with Gasteiger partial charge in [-0.2, -0.15) is 13.2 Å². The summed E-state index contributed by atoms with van der Waals surface area (Å²) in [5.74, 6) is -1.00. The Balaban J connectivity index is 1.73. The molecule has 0 aliphatic carbocycles. The molecule has 1 aliphatic heterocycles. The summed E-state index contributed by atoms with van der Waals surface area (Å²) in [6.07, 6.45) is -4.20. The maximum absolute atomic E-state index is 14.4. The molecular weight excluding hydrogens is 465 g/mol. The Morgan fingerprint density at radius 3 is 2.34 bits per heavy atom. The van der Waals surface area contributed by atoms with Gasteiger partial charge in [0.25, 0.3) is 5.91 Å². The number of benzene rings is 2. The van der Waals surface area contributed by atoms with Crippen molar-refractivity contribution in [3.63, 3.8) is 0 Å². The lowest BCUT2D eigenvalue weighted by molar-refractivity contribution is -0.137. The first kappa shape index (κ1) is 26.8. The van der Waals surface area contributed by atoms with Crippen molar-refractivity contribution in [1.82, 2.24) is 0 Å². The topological polar surface area (TPSA) is 44.4 Å². The Morgan fingerprint density at radius 2 is 1.71 bits per heavy atom. The summed E-state index contributed by atoms with van der Waals surface area (Å²) >= 11 is 0. The van der Waals surface area contributed by atoms with E-state index in [1.807, 2.05) is 13.0 Å². The van der Waals surface area contributed by atoms with Crippen LogP contribution in [-0.2, 0) is 17.5 Å². The zero-order valence-electron chi connectivity index (χ0n) is 19.8. The third kappa shape index (κ3) is 7.57. The molecule has 192 valence electrons. The van der Waals surface area contributed by atoms with Gasteiger partial charge in [0.05, 0.1) is 16.9 Å². The van der Waals surface area contributed by atoms with Gasteiger partial charge in [-0.25, -0.2) is 8.78 Å². The third-order valence-electron chi connectivity index (χ3n) is 6.13. The standard InChI is InChI=1S/C26H32F5N3O/c1-2-3-7-21(27)24(28)25(35)33-22-13-12-20(16-23(22)34-14-5-4-6-15-34)32-17-18-8-10-19(11-9-18)26(29,30)31/h8-13,16,21,24,32H,2-7,14-15,17H2,1H3,(H,33,35)/t21-,24-/m1/s1. The van der Waals surface area contributed by atoms with Crippen LogP contribution in [0.5, 0.6) is 0 Å². The molecule has 3 rings (SSSR count). The van der Waals surface area contributed by atoms with Gasteiger partial charge in [0.15, 0.2) is 0 Å². The van der Waals surface area contributed by atoms with E-state index in [0.717, 1.165) is 50.9 Å². The van der Waals surface area contributed by atoms with E-state index in [1.54, 1.807) is 12.1 Å². The molecule has 4 nitrogen and oxygen atoms in total. The van der Waals surface area contributed by atoms with Crippen molar-refractivity contribution in [3.05, 3.63) is 53.6 Å². The monoisotopic (exact) mass is 497 g/mol. The fourth-order valence-corrected chi connectivity index (χ4v) is 4.07. The lowest BCUT2D eigenvalue weighted by atomic mass is 10.1. The van der Waals surface area contributed by atoms with E-state index in [9.17, 15) is 26.7 Å². The van der Waals surface area contributed by atoms with Gasteiger partial charge in [0.2, 0.25) is 6.17 Å². The molecule has 2 atom stereocenters. The van der Waals surface area contributed by atoms with Gasteiger partial charge in [0.1, 0.15) is 6.17 Å². The minimum absolute atomic E-state index is 0.00310. The average molecular weight is 498 g/mol. The predicted octanol–water partition coefficient (Wildman–Crippen LogP) is 7.11. The van der Waals surface area contributed by atoms with E-state index >= 15 is 0 Å². The number of nitrogens with zero attached hydrogens (tertiary/aromatic N) is 1. The van der Waals surface area contributed by atoms with Gasteiger partial charge in [-0.1, -0.05) is 31.9 Å². The number of halogens is 5. The van der Waals surface area contributed by atoms with Crippen LogP contribution in [0.15, 0.2) is 42.5 Å². The molecule has 1 aliphatic rings. The van der Waals surface area contributed by atoms with Crippen LogP contribution in [0.1, 0.15) is 56.6 Å². The number of anilines is 3. The number of hydrogen-bond donors (Lipinski definition) is 2. The molecule has 1 saturated heterocycles. The van der Waals surface area contributed by atoms with E-state index in [1.165, 1.54) is 12.1 Å². The fourth-order valence-electron chi connectivity index (χ4n) is 4.07. The Morgan fingerprint density at radius 1 is 1.03 bits per heavy atom. The summed E-state index contributed by atoms with van der Waals surface area (Å²) in [4.78, 5) is 14.5. The molecule has 2 aromatic carbocycles. The Labute approximate surface area is 202 Å². The van der Waals surface area contributed by atoms with Crippen molar-refractivity contribution in [2.75, 3.05) is 28.6 Å². The highest BCUT2D eigenvalue weighted by Crippen LogP contribution is 2.33. The normalized spacial score (nSPS) is 16.0. The lowest BCUT2D eigenvalue weighted by Crippen LogP contribution is -2.34. The molecular formula is C26H32F5N3O. The summed E-state index contributed by atoms with van der Waals surface area (Å²) < 4.78 is 66.8. The van der Waals surface area contributed by atoms with E-state index in [-0.39, 0.29) is 6.42 Å². The second-order valence-electron chi connectivity index (χ2n) is 8.88. The SMILES string of the molecule is CCCC[C@@H](F)[C@@H](F)C(=O)Nc1ccc(NCc2ccc(C(F)(F)F)cc2)cc1N1CCCCC1. The van der Waals surface area contributed by atoms with Gasteiger partial charge < -0.3 is 15.5 Å². The number of unbranched alkanes of at least 4 members (excludes halogenated alkanes) is 1. The van der Waals surface area contributed by atoms with Crippen LogP contribution < -0.4 is 15.5 Å². The van der Waals surface area contributed by atoms with Gasteiger partial charge in [-0.05, 0) is 61.6 Å². The fraction of sp³-hybridized carbons (Fsp3) is 0.500. The molecule has 0 unspecified atom stereocenters. The van der Waals surface area contributed by atoms with E-state index < -0.39 is 30.0 Å². The maximum Gasteiger partial charge on any atom is 0.416 e. The number of amides is 1. The van der Waals surface area contributed by atoms with Crippen molar-refractivity contribution in [2.24, 2.45) is 0 Å². The smallest absolute Gasteiger partial charge is 0.381 e. The molecule has 2 N–H and O–H groups in total. The highest BCUT2D eigenvalue weighted by Gasteiger charge is 2.30. The first-order valence-corrected chi connectivity index (χ1v) is 12.1. The Hall–Kier alpha value is -2.84. The molecule has 0 radical (unpaired) electrons. The van der Waals surface area contributed by atoms with Crippen molar-refractivity contribution >= 4 is 23.0 Å². The first-order chi connectivity index (χ1) is 16.7. The summed E-state index contributed by atoms with van der Waals surface area (Å²) in [5, 5.41) is 5.75. The van der Waals surface area contributed by atoms with Crippen LogP contribution in [0.4, 0.5) is 39.0 Å². The number of carbonyl (C=O) groups is 1. The molecule has 1 amide bonds.